The van der Waals surface area contributed by atoms with E-state index in [4.69, 9.17) is 4.74 Å². The number of carbonyl (C=O) groups excluding carboxylic acids is 1. The number of benzene rings is 1. The van der Waals surface area contributed by atoms with Crippen LogP contribution in [0, 0.1) is 0 Å². The maximum atomic E-state index is 11.7. The molecular weight excluding hydrogens is 280 g/mol. The van der Waals surface area contributed by atoms with E-state index in [1.54, 1.807) is 36.7 Å². The Morgan fingerprint density at radius 1 is 1.36 bits per heavy atom. The molecule has 0 aliphatic heterocycles. The molecule has 0 saturated heterocycles. The Morgan fingerprint density at radius 2 is 2.23 bits per heavy atom. The number of hydrogen-bond donors (Lipinski definition) is 2. The van der Waals surface area contributed by atoms with Gasteiger partial charge in [0, 0.05) is 25.0 Å². The molecule has 0 radical (unpaired) electrons. The fraction of sp³-hybridized carbons (Fsp3) is 0.176. The Morgan fingerprint density at radius 3 is 2.95 bits per heavy atom. The first-order chi connectivity index (χ1) is 10.7. The van der Waals surface area contributed by atoms with Crippen molar-refractivity contribution >= 4 is 12.0 Å². The Kier molecular flexibility index (Phi) is 5.54. The topological polar surface area (TPSA) is 71.5 Å². The number of aromatic nitrogens is 1. The van der Waals surface area contributed by atoms with Gasteiger partial charge in [-0.25, -0.2) is 0 Å². The van der Waals surface area contributed by atoms with Gasteiger partial charge in [0.05, 0.1) is 7.11 Å². The molecule has 1 aromatic heterocycles. The van der Waals surface area contributed by atoms with Gasteiger partial charge in [-0.05, 0) is 35.8 Å². The van der Waals surface area contributed by atoms with Gasteiger partial charge in [0.2, 0.25) is 5.91 Å². The third-order valence-electron chi connectivity index (χ3n) is 3.11. The van der Waals surface area contributed by atoms with Crippen LogP contribution in [-0.4, -0.2) is 29.7 Å². The highest BCUT2D eigenvalue weighted by molar-refractivity contribution is 5.91. The average molecular weight is 298 g/mol. The SMILES string of the molecule is COc1cccc(CCNC(=O)C=Cc2cccnc2)c1O. The molecule has 1 aromatic carbocycles. The number of phenols is 1. The maximum Gasteiger partial charge on any atom is 0.244 e. The molecule has 1 amide bonds. The van der Waals surface area contributed by atoms with Crippen molar-refractivity contribution < 1.29 is 14.6 Å². The van der Waals surface area contributed by atoms with E-state index in [1.807, 2.05) is 12.1 Å². The van der Waals surface area contributed by atoms with Gasteiger partial charge in [0.1, 0.15) is 0 Å². The summed E-state index contributed by atoms with van der Waals surface area (Å²) in [6, 6.07) is 8.97. The zero-order valence-electron chi connectivity index (χ0n) is 12.3. The number of ether oxygens (including phenoxy) is 1. The number of amides is 1. The monoisotopic (exact) mass is 298 g/mol. The summed E-state index contributed by atoms with van der Waals surface area (Å²) < 4.78 is 5.05. The normalized spacial score (nSPS) is 10.6. The highest BCUT2D eigenvalue weighted by Gasteiger charge is 2.07. The van der Waals surface area contributed by atoms with Crippen LogP contribution < -0.4 is 10.1 Å². The molecule has 0 fully saturated rings. The van der Waals surface area contributed by atoms with E-state index in [0.717, 1.165) is 11.1 Å². The Bertz CT molecular complexity index is 654. The van der Waals surface area contributed by atoms with Gasteiger partial charge in [-0.2, -0.15) is 0 Å². The molecule has 1 heterocycles. The first-order valence-electron chi connectivity index (χ1n) is 6.91. The molecule has 2 rings (SSSR count). The van der Waals surface area contributed by atoms with E-state index >= 15 is 0 Å². The zero-order valence-corrected chi connectivity index (χ0v) is 12.3. The van der Waals surface area contributed by atoms with Crippen LogP contribution in [0.2, 0.25) is 0 Å². The first-order valence-corrected chi connectivity index (χ1v) is 6.91. The molecule has 0 bridgehead atoms. The zero-order chi connectivity index (χ0) is 15.8. The van der Waals surface area contributed by atoms with E-state index in [-0.39, 0.29) is 11.7 Å². The smallest absolute Gasteiger partial charge is 0.244 e. The van der Waals surface area contributed by atoms with Crippen LogP contribution in [-0.2, 0) is 11.2 Å². The average Bonchev–Trinajstić information content (AvgIpc) is 2.55. The lowest BCUT2D eigenvalue weighted by molar-refractivity contribution is -0.116. The quantitative estimate of drug-likeness (QED) is 0.802. The molecule has 0 unspecified atom stereocenters. The number of aromatic hydroxyl groups is 1. The molecule has 2 aromatic rings. The summed E-state index contributed by atoms with van der Waals surface area (Å²) in [4.78, 5) is 15.7. The Balaban J connectivity index is 1.84. The highest BCUT2D eigenvalue weighted by atomic mass is 16.5. The van der Waals surface area contributed by atoms with Gasteiger partial charge >= 0.3 is 0 Å². The van der Waals surface area contributed by atoms with Gasteiger partial charge in [-0.15, -0.1) is 0 Å². The summed E-state index contributed by atoms with van der Waals surface area (Å²) in [5, 5.41) is 12.7. The third kappa shape index (κ3) is 4.34. The minimum Gasteiger partial charge on any atom is -0.504 e. The number of phenolic OH excluding ortho intramolecular Hbond substituents is 1. The lowest BCUT2D eigenvalue weighted by Gasteiger charge is -2.08. The van der Waals surface area contributed by atoms with E-state index in [2.05, 4.69) is 10.3 Å². The number of para-hydroxylation sites is 1. The summed E-state index contributed by atoms with van der Waals surface area (Å²) in [5.74, 6) is 0.358. The van der Waals surface area contributed by atoms with Crippen LogP contribution in [0.25, 0.3) is 6.08 Å². The van der Waals surface area contributed by atoms with Crippen molar-refractivity contribution in [3.8, 4) is 11.5 Å². The molecule has 5 heteroatoms. The summed E-state index contributed by atoms with van der Waals surface area (Å²) in [5.41, 5.74) is 1.60. The molecule has 0 atom stereocenters. The van der Waals surface area contributed by atoms with Gasteiger partial charge in [-0.3, -0.25) is 9.78 Å². The summed E-state index contributed by atoms with van der Waals surface area (Å²) in [7, 11) is 1.50. The second kappa shape index (κ2) is 7.83. The molecule has 5 nitrogen and oxygen atoms in total. The summed E-state index contributed by atoms with van der Waals surface area (Å²) in [6.45, 7) is 0.428. The second-order valence-corrected chi connectivity index (χ2v) is 4.63. The fourth-order valence-corrected chi connectivity index (χ4v) is 1.96. The van der Waals surface area contributed by atoms with Gasteiger partial charge in [-0.1, -0.05) is 18.2 Å². The van der Waals surface area contributed by atoms with E-state index in [0.29, 0.717) is 18.7 Å². The number of methoxy groups -OCH3 is 1. The number of pyridine rings is 1. The molecule has 0 spiro atoms. The van der Waals surface area contributed by atoms with Crippen molar-refractivity contribution in [1.82, 2.24) is 10.3 Å². The second-order valence-electron chi connectivity index (χ2n) is 4.63. The van der Waals surface area contributed by atoms with Crippen LogP contribution in [0.5, 0.6) is 11.5 Å². The third-order valence-corrected chi connectivity index (χ3v) is 3.11. The molecular formula is C17H18N2O3. The first kappa shape index (κ1) is 15.6. The molecule has 114 valence electrons. The number of hydrogen-bond acceptors (Lipinski definition) is 4. The van der Waals surface area contributed by atoms with Crippen LogP contribution in [0.1, 0.15) is 11.1 Å². The van der Waals surface area contributed by atoms with E-state index in [1.165, 1.54) is 13.2 Å². The molecule has 0 saturated carbocycles. The van der Waals surface area contributed by atoms with Crippen molar-refractivity contribution in [2.24, 2.45) is 0 Å². The molecule has 22 heavy (non-hydrogen) atoms. The van der Waals surface area contributed by atoms with Crippen molar-refractivity contribution in [3.63, 3.8) is 0 Å². The Hall–Kier alpha value is -2.82. The van der Waals surface area contributed by atoms with Crippen LogP contribution in [0.4, 0.5) is 0 Å². The van der Waals surface area contributed by atoms with Crippen LogP contribution in [0.3, 0.4) is 0 Å². The van der Waals surface area contributed by atoms with Crippen molar-refractivity contribution in [2.75, 3.05) is 13.7 Å². The van der Waals surface area contributed by atoms with E-state index < -0.39 is 0 Å². The molecule has 0 aliphatic rings. The number of nitrogens with one attached hydrogen (secondary N) is 1. The number of carbonyl (C=O) groups is 1. The lowest BCUT2D eigenvalue weighted by Crippen LogP contribution is -2.23. The van der Waals surface area contributed by atoms with Crippen LogP contribution in [0.15, 0.2) is 48.8 Å². The number of rotatable bonds is 6. The summed E-state index contributed by atoms with van der Waals surface area (Å²) >= 11 is 0. The lowest BCUT2D eigenvalue weighted by atomic mass is 10.1. The van der Waals surface area contributed by atoms with Gasteiger partial charge in [0.15, 0.2) is 11.5 Å². The van der Waals surface area contributed by atoms with Crippen molar-refractivity contribution in [1.29, 1.82) is 0 Å². The van der Waals surface area contributed by atoms with E-state index in [9.17, 15) is 9.90 Å². The molecule has 0 aliphatic carbocycles. The largest absolute Gasteiger partial charge is 0.504 e. The highest BCUT2D eigenvalue weighted by Crippen LogP contribution is 2.29. The van der Waals surface area contributed by atoms with Crippen molar-refractivity contribution in [3.05, 3.63) is 59.9 Å². The fourth-order valence-electron chi connectivity index (χ4n) is 1.96. The Labute approximate surface area is 129 Å². The predicted octanol–water partition coefficient (Wildman–Crippen LogP) is 2.17. The summed E-state index contributed by atoms with van der Waals surface area (Å²) in [6.07, 6.45) is 7.04. The minimum absolute atomic E-state index is 0.116. The van der Waals surface area contributed by atoms with Gasteiger partial charge < -0.3 is 15.2 Å². The van der Waals surface area contributed by atoms with Crippen molar-refractivity contribution in [2.45, 2.75) is 6.42 Å². The standard InChI is InChI=1S/C17H18N2O3/c1-22-15-6-2-5-14(17(15)21)9-11-19-16(20)8-7-13-4-3-10-18-12-13/h2-8,10,12,21H,9,11H2,1H3,(H,19,20). The number of nitrogens with zero attached hydrogens (tertiary/aromatic N) is 1. The van der Waals surface area contributed by atoms with Crippen LogP contribution >= 0.6 is 0 Å². The predicted molar refractivity (Wildman–Crippen MR) is 84.6 cm³/mol. The molecule has 2 N–H and O–H groups in total. The minimum atomic E-state index is -0.189. The van der Waals surface area contributed by atoms with Gasteiger partial charge in [0.25, 0.3) is 0 Å². The maximum absolute atomic E-state index is 11.7.